The van der Waals surface area contributed by atoms with Crippen molar-refractivity contribution in [3.63, 3.8) is 0 Å². The molecule has 1 N–H and O–H groups in total. The highest BCUT2D eigenvalue weighted by molar-refractivity contribution is 7.99. The summed E-state index contributed by atoms with van der Waals surface area (Å²) in [5, 5.41) is 10.7. The standard InChI is InChI=1S/C15H26O3S/c16-14(13-2-1-6-17-11-13)12-3-7-18-15(10-12)4-8-19-9-5-15/h12-14,16H,1-11H2. The molecular weight excluding hydrogens is 260 g/mol. The topological polar surface area (TPSA) is 38.7 Å². The van der Waals surface area contributed by atoms with E-state index in [2.05, 4.69) is 0 Å². The Morgan fingerprint density at radius 1 is 1.11 bits per heavy atom. The van der Waals surface area contributed by atoms with E-state index >= 15 is 0 Å². The van der Waals surface area contributed by atoms with Crippen LogP contribution < -0.4 is 0 Å². The van der Waals surface area contributed by atoms with Gasteiger partial charge in [-0.1, -0.05) is 0 Å². The molecule has 0 aromatic heterocycles. The van der Waals surface area contributed by atoms with E-state index in [-0.39, 0.29) is 11.7 Å². The number of aliphatic hydroxyl groups is 1. The maximum atomic E-state index is 10.7. The van der Waals surface area contributed by atoms with Gasteiger partial charge < -0.3 is 14.6 Å². The molecule has 3 fully saturated rings. The van der Waals surface area contributed by atoms with Gasteiger partial charge in [0.15, 0.2) is 0 Å². The van der Waals surface area contributed by atoms with Gasteiger partial charge >= 0.3 is 0 Å². The van der Waals surface area contributed by atoms with Gasteiger partial charge in [-0.15, -0.1) is 0 Å². The molecule has 110 valence electrons. The lowest BCUT2D eigenvalue weighted by atomic mass is 9.75. The van der Waals surface area contributed by atoms with Gasteiger partial charge in [0.2, 0.25) is 0 Å². The molecule has 3 aliphatic heterocycles. The van der Waals surface area contributed by atoms with Crippen LogP contribution in [0.15, 0.2) is 0 Å². The van der Waals surface area contributed by atoms with Crippen LogP contribution in [0.4, 0.5) is 0 Å². The smallest absolute Gasteiger partial charge is 0.0701 e. The van der Waals surface area contributed by atoms with Crippen LogP contribution in [0, 0.1) is 11.8 Å². The van der Waals surface area contributed by atoms with E-state index < -0.39 is 0 Å². The lowest BCUT2D eigenvalue weighted by Crippen LogP contribution is -2.47. The molecule has 0 bridgehead atoms. The van der Waals surface area contributed by atoms with Crippen molar-refractivity contribution in [2.75, 3.05) is 31.3 Å². The van der Waals surface area contributed by atoms with Crippen molar-refractivity contribution in [2.24, 2.45) is 11.8 Å². The quantitative estimate of drug-likeness (QED) is 0.846. The Kier molecular flexibility index (Phi) is 4.73. The van der Waals surface area contributed by atoms with Crippen molar-refractivity contribution >= 4 is 11.8 Å². The van der Waals surface area contributed by atoms with Crippen molar-refractivity contribution in [2.45, 2.75) is 50.2 Å². The SMILES string of the molecule is OC(C1CCCOC1)C1CCOC2(CCSCC2)C1. The van der Waals surface area contributed by atoms with E-state index in [4.69, 9.17) is 9.47 Å². The van der Waals surface area contributed by atoms with Gasteiger partial charge in [-0.25, -0.2) is 0 Å². The zero-order valence-electron chi connectivity index (χ0n) is 11.7. The lowest BCUT2D eigenvalue weighted by molar-refractivity contribution is -0.134. The third-order valence-corrected chi connectivity index (χ3v) is 6.08. The molecule has 3 nitrogen and oxygen atoms in total. The number of rotatable bonds is 2. The van der Waals surface area contributed by atoms with Gasteiger partial charge in [0.05, 0.1) is 18.3 Å². The first-order valence-corrected chi connectivity index (χ1v) is 8.92. The fourth-order valence-electron chi connectivity index (χ4n) is 3.87. The second-order valence-corrected chi connectivity index (χ2v) is 7.59. The van der Waals surface area contributed by atoms with Gasteiger partial charge in [-0.05, 0) is 55.9 Å². The zero-order valence-corrected chi connectivity index (χ0v) is 12.5. The van der Waals surface area contributed by atoms with Crippen molar-refractivity contribution in [1.29, 1.82) is 0 Å². The monoisotopic (exact) mass is 286 g/mol. The summed E-state index contributed by atoms with van der Waals surface area (Å²) in [6.07, 6.45) is 6.46. The summed E-state index contributed by atoms with van der Waals surface area (Å²) in [5.41, 5.74) is 0.0880. The molecule has 3 unspecified atom stereocenters. The molecule has 0 amide bonds. The fraction of sp³-hybridized carbons (Fsp3) is 1.00. The number of aliphatic hydroxyl groups excluding tert-OH is 1. The third kappa shape index (κ3) is 3.29. The molecule has 4 heteroatoms. The van der Waals surface area contributed by atoms with Crippen LogP contribution in [-0.4, -0.2) is 48.1 Å². The molecule has 3 aliphatic rings. The van der Waals surface area contributed by atoms with Crippen LogP contribution in [0.5, 0.6) is 0 Å². The van der Waals surface area contributed by atoms with Gasteiger partial charge in [0, 0.05) is 19.1 Å². The third-order valence-electron chi connectivity index (χ3n) is 5.10. The first kappa shape index (κ1) is 14.2. The van der Waals surface area contributed by atoms with E-state index in [1.165, 1.54) is 24.3 Å². The average molecular weight is 286 g/mol. The van der Waals surface area contributed by atoms with Gasteiger partial charge in [0.1, 0.15) is 0 Å². The first-order valence-electron chi connectivity index (χ1n) is 7.77. The summed E-state index contributed by atoms with van der Waals surface area (Å²) in [6.45, 7) is 2.46. The number of hydrogen-bond acceptors (Lipinski definition) is 4. The molecule has 3 heterocycles. The molecule has 0 aliphatic carbocycles. The Bertz CT molecular complexity index is 280. The van der Waals surface area contributed by atoms with Crippen molar-refractivity contribution < 1.29 is 14.6 Å². The lowest BCUT2D eigenvalue weighted by Gasteiger charge is -2.45. The maximum Gasteiger partial charge on any atom is 0.0701 e. The van der Waals surface area contributed by atoms with E-state index in [1.807, 2.05) is 11.8 Å². The molecule has 3 rings (SSSR count). The van der Waals surface area contributed by atoms with Crippen molar-refractivity contribution in [1.82, 2.24) is 0 Å². The van der Waals surface area contributed by atoms with Crippen LogP contribution in [0.2, 0.25) is 0 Å². The van der Waals surface area contributed by atoms with Crippen LogP contribution in [-0.2, 0) is 9.47 Å². The van der Waals surface area contributed by atoms with Crippen molar-refractivity contribution in [3.8, 4) is 0 Å². The highest BCUT2D eigenvalue weighted by Crippen LogP contribution is 2.42. The normalized spacial score (nSPS) is 37.1. The fourth-order valence-corrected chi connectivity index (χ4v) is 5.11. The first-order chi connectivity index (χ1) is 9.29. The molecular formula is C15H26O3S. The summed E-state index contributed by atoms with van der Waals surface area (Å²) in [5.74, 6) is 3.21. The molecule has 0 saturated carbocycles. The van der Waals surface area contributed by atoms with Gasteiger partial charge in [-0.3, -0.25) is 0 Å². The van der Waals surface area contributed by atoms with Gasteiger partial charge in [0.25, 0.3) is 0 Å². The predicted octanol–water partition coefficient (Wildman–Crippen LogP) is 2.47. The van der Waals surface area contributed by atoms with Crippen LogP contribution in [0.1, 0.15) is 38.5 Å². The molecule has 0 aromatic carbocycles. The Hall–Kier alpha value is 0.230. The minimum atomic E-state index is -0.185. The largest absolute Gasteiger partial charge is 0.392 e. The zero-order chi connectivity index (χ0) is 13.1. The molecule has 0 aromatic rings. The minimum Gasteiger partial charge on any atom is -0.392 e. The summed E-state index contributed by atoms with van der Waals surface area (Å²) >= 11 is 2.04. The molecule has 1 spiro atoms. The number of hydrogen-bond donors (Lipinski definition) is 1. The second kappa shape index (κ2) is 6.33. The summed E-state index contributed by atoms with van der Waals surface area (Å²) in [6, 6.07) is 0. The maximum absolute atomic E-state index is 10.7. The Labute approximate surface area is 120 Å². The Morgan fingerprint density at radius 3 is 2.68 bits per heavy atom. The summed E-state index contributed by atoms with van der Waals surface area (Å²) in [7, 11) is 0. The van der Waals surface area contributed by atoms with E-state index in [9.17, 15) is 5.11 Å². The second-order valence-electron chi connectivity index (χ2n) is 6.36. The number of ether oxygens (including phenoxy) is 2. The minimum absolute atomic E-state index is 0.0880. The predicted molar refractivity (Wildman–Crippen MR) is 77.5 cm³/mol. The van der Waals surface area contributed by atoms with Crippen molar-refractivity contribution in [3.05, 3.63) is 0 Å². The van der Waals surface area contributed by atoms with E-state index in [0.717, 1.165) is 45.5 Å². The Morgan fingerprint density at radius 2 is 1.95 bits per heavy atom. The van der Waals surface area contributed by atoms with E-state index in [0.29, 0.717) is 11.8 Å². The van der Waals surface area contributed by atoms with E-state index in [1.54, 1.807) is 0 Å². The van der Waals surface area contributed by atoms with Gasteiger partial charge in [-0.2, -0.15) is 11.8 Å². The average Bonchev–Trinajstić information content (AvgIpc) is 2.48. The number of thioether (sulfide) groups is 1. The summed E-state index contributed by atoms with van der Waals surface area (Å²) < 4.78 is 11.7. The molecule has 0 radical (unpaired) electrons. The molecule has 19 heavy (non-hydrogen) atoms. The molecule has 3 atom stereocenters. The highest BCUT2D eigenvalue weighted by Gasteiger charge is 2.42. The summed E-state index contributed by atoms with van der Waals surface area (Å²) in [4.78, 5) is 0. The van der Waals surface area contributed by atoms with Crippen LogP contribution in [0.25, 0.3) is 0 Å². The van der Waals surface area contributed by atoms with Crippen LogP contribution >= 0.6 is 11.8 Å². The van der Waals surface area contributed by atoms with Crippen LogP contribution in [0.3, 0.4) is 0 Å². The highest BCUT2D eigenvalue weighted by atomic mass is 32.2. The molecule has 3 saturated heterocycles. The Balaban J connectivity index is 1.60.